The quantitative estimate of drug-likeness (QED) is 0.690. The summed E-state index contributed by atoms with van der Waals surface area (Å²) in [5.41, 5.74) is 3.99. The first-order valence-electron chi connectivity index (χ1n) is 6.24. The molecule has 0 aromatic carbocycles. The van der Waals surface area contributed by atoms with Crippen LogP contribution in [0.1, 0.15) is 24.0 Å². The average molecular weight is 279 g/mol. The normalized spacial score (nSPS) is 11.5. The minimum absolute atomic E-state index is 0.385. The fourth-order valence-electron chi connectivity index (χ4n) is 2.32. The first-order chi connectivity index (χ1) is 9.24. The van der Waals surface area contributed by atoms with Crippen molar-refractivity contribution >= 4 is 22.8 Å². The summed E-state index contributed by atoms with van der Waals surface area (Å²) >= 11 is 6.01. The van der Waals surface area contributed by atoms with Crippen LogP contribution >= 0.6 is 11.6 Å². The second kappa shape index (κ2) is 4.74. The van der Waals surface area contributed by atoms with Gasteiger partial charge in [0.05, 0.1) is 30.6 Å². The lowest BCUT2D eigenvalue weighted by Gasteiger charge is -2.07. The monoisotopic (exact) mass is 278 g/mol. The zero-order chi connectivity index (χ0) is 13.4. The van der Waals surface area contributed by atoms with E-state index in [9.17, 15) is 0 Å². The van der Waals surface area contributed by atoms with Crippen LogP contribution in [0.2, 0.25) is 0 Å². The number of hydrogen-bond donors (Lipinski definition) is 0. The summed E-state index contributed by atoms with van der Waals surface area (Å²) in [5, 5.41) is 4.50. The Kier molecular flexibility index (Phi) is 3.06. The van der Waals surface area contributed by atoms with E-state index in [4.69, 9.17) is 16.0 Å². The second-order valence-electron chi connectivity index (χ2n) is 4.45. The Balaban J connectivity index is 2.19. The molecular weight excluding hydrogens is 264 g/mol. The fourth-order valence-corrected chi connectivity index (χ4v) is 2.53. The number of hydrogen-bond acceptors (Lipinski definition) is 3. The number of aromatic nitrogens is 4. The molecule has 0 spiro atoms. The van der Waals surface area contributed by atoms with E-state index in [0.717, 1.165) is 34.8 Å². The maximum Gasteiger partial charge on any atom is 0.159 e. The number of aryl methyl sites for hydroxylation is 2. The van der Waals surface area contributed by atoms with E-state index in [1.807, 2.05) is 17.7 Å². The standard InChI is InChI=1S/C13H15ClN4O/c1-3-18-13-12(9(2)16-18)15-11(6-14)17(13)7-10-4-5-19-8-10/h4-5,8H,3,6-7H2,1-2H3. The maximum absolute atomic E-state index is 6.01. The van der Waals surface area contributed by atoms with Gasteiger partial charge in [-0.1, -0.05) is 0 Å². The Morgan fingerprint density at radius 3 is 2.89 bits per heavy atom. The van der Waals surface area contributed by atoms with Crippen molar-refractivity contribution in [3.63, 3.8) is 0 Å². The van der Waals surface area contributed by atoms with Gasteiger partial charge in [0.15, 0.2) is 5.65 Å². The predicted molar refractivity (Wildman–Crippen MR) is 73.3 cm³/mol. The minimum atomic E-state index is 0.385. The molecule has 100 valence electrons. The van der Waals surface area contributed by atoms with Crippen LogP contribution < -0.4 is 0 Å². The third-order valence-corrected chi connectivity index (χ3v) is 3.46. The van der Waals surface area contributed by atoms with E-state index in [1.165, 1.54) is 0 Å². The summed E-state index contributed by atoms with van der Waals surface area (Å²) in [4.78, 5) is 4.60. The van der Waals surface area contributed by atoms with E-state index in [1.54, 1.807) is 12.5 Å². The van der Waals surface area contributed by atoms with Crippen LogP contribution in [0.15, 0.2) is 23.0 Å². The number of furan rings is 1. The van der Waals surface area contributed by atoms with Crippen LogP contribution in [0.4, 0.5) is 0 Å². The van der Waals surface area contributed by atoms with Gasteiger partial charge in [0, 0.05) is 12.1 Å². The molecule has 0 bridgehead atoms. The van der Waals surface area contributed by atoms with Crippen LogP contribution in [0.3, 0.4) is 0 Å². The van der Waals surface area contributed by atoms with Gasteiger partial charge in [-0.05, 0) is 19.9 Å². The van der Waals surface area contributed by atoms with E-state index in [-0.39, 0.29) is 0 Å². The third kappa shape index (κ3) is 1.94. The van der Waals surface area contributed by atoms with Crippen LogP contribution in [0.25, 0.3) is 11.2 Å². The molecule has 0 amide bonds. The summed E-state index contributed by atoms with van der Waals surface area (Å²) in [6.45, 7) is 5.55. The number of alkyl halides is 1. The SMILES string of the molecule is CCn1nc(C)c2nc(CCl)n(Cc3ccoc3)c21. The highest BCUT2D eigenvalue weighted by atomic mass is 35.5. The smallest absolute Gasteiger partial charge is 0.159 e. The van der Waals surface area contributed by atoms with Gasteiger partial charge in [-0.3, -0.25) is 0 Å². The van der Waals surface area contributed by atoms with Gasteiger partial charge in [0.2, 0.25) is 0 Å². The van der Waals surface area contributed by atoms with Crippen molar-refractivity contribution in [3.05, 3.63) is 35.7 Å². The average Bonchev–Trinajstić information content (AvgIpc) is 3.09. The lowest BCUT2D eigenvalue weighted by atomic mass is 10.3. The summed E-state index contributed by atoms with van der Waals surface area (Å²) in [7, 11) is 0. The van der Waals surface area contributed by atoms with Crippen LogP contribution in [-0.4, -0.2) is 19.3 Å². The molecule has 19 heavy (non-hydrogen) atoms. The Morgan fingerprint density at radius 1 is 1.42 bits per heavy atom. The molecule has 0 aliphatic rings. The van der Waals surface area contributed by atoms with Crippen molar-refractivity contribution in [1.82, 2.24) is 19.3 Å². The lowest BCUT2D eigenvalue weighted by molar-refractivity contribution is 0.561. The number of fused-ring (bicyclic) bond motifs is 1. The second-order valence-corrected chi connectivity index (χ2v) is 4.72. The summed E-state index contributed by atoms with van der Waals surface area (Å²) in [6.07, 6.45) is 3.41. The van der Waals surface area contributed by atoms with E-state index in [0.29, 0.717) is 12.4 Å². The Morgan fingerprint density at radius 2 is 2.26 bits per heavy atom. The van der Waals surface area contributed by atoms with Gasteiger partial charge in [-0.25, -0.2) is 9.67 Å². The van der Waals surface area contributed by atoms with E-state index >= 15 is 0 Å². The van der Waals surface area contributed by atoms with Gasteiger partial charge in [-0.15, -0.1) is 11.6 Å². The Hall–Kier alpha value is -1.75. The van der Waals surface area contributed by atoms with Crippen LogP contribution in [-0.2, 0) is 19.0 Å². The van der Waals surface area contributed by atoms with Crippen molar-refractivity contribution in [3.8, 4) is 0 Å². The van der Waals surface area contributed by atoms with Crippen LogP contribution in [0, 0.1) is 6.92 Å². The van der Waals surface area contributed by atoms with Gasteiger partial charge in [0.25, 0.3) is 0 Å². The third-order valence-electron chi connectivity index (χ3n) is 3.22. The zero-order valence-electron chi connectivity index (χ0n) is 10.9. The summed E-state index contributed by atoms with van der Waals surface area (Å²) in [5.74, 6) is 1.25. The topological polar surface area (TPSA) is 48.8 Å². The number of rotatable bonds is 4. The first kappa shape index (κ1) is 12.3. The molecule has 0 aliphatic carbocycles. The van der Waals surface area contributed by atoms with Gasteiger partial charge >= 0.3 is 0 Å². The molecular formula is C13H15ClN4O. The van der Waals surface area contributed by atoms with Crippen molar-refractivity contribution in [2.24, 2.45) is 0 Å². The largest absolute Gasteiger partial charge is 0.472 e. The maximum atomic E-state index is 6.01. The van der Waals surface area contributed by atoms with Crippen molar-refractivity contribution in [2.45, 2.75) is 32.8 Å². The molecule has 5 nitrogen and oxygen atoms in total. The van der Waals surface area contributed by atoms with Crippen molar-refractivity contribution in [1.29, 1.82) is 0 Å². The van der Waals surface area contributed by atoms with Gasteiger partial charge in [0.1, 0.15) is 11.3 Å². The molecule has 0 fully saturated rings. The highest BCUT2D eigenvalue weighted by Crippen LogP contribution is 2.22. The van der Waals surface area contributed by atoms with E-state index in [2.05, 4.69) is 21.6 Å². The lowest BCUT2D eigenvalue weighted by Crippen LogP contribution is -2.08. The minimum Gasteiger partial charge on any atom is -0.472 e. The molecule has 0 atom stereocenters. The van der Waals surface area contributed by atoms with Gasteiger partial charge < -0.3 is 8.98 Å². The van der Waals surface area contributed by atoms with E-state index < -0.39 is 0 Å². The molecule has 0 radical (unpaired) electrons. The fraction of sp³-hybridized carbons (Fsp3) is 0.385. The Labute approximate surface area is 115 Å². The molecule has 3 aromatic rings. The number of halogens is 1. The van der Waals surface area contributed by atoms with Crippen LogP contribution in [0.5, 0.6) is 0 Å². The number of imidazole rings is 1. The van der Waals surface area contributed by atoms with Crippen molar-refractivity contribution < 1.29 is 4.42 Å². The summed E-state index contributed by atoms with van der Waals surface area (Å²) in [6, 6.07) is 1.95. The molecule has 3 rings (SSSR count). The first-order valence-corrected chi connectivity index (χ1v) is 6.77. The zero-order valence-corrected chi connectivity index (χ0v) is 11.7. The molecule has 0 unspecified atom stereocenters. The highest BCUT2D eigenvalue weighted by Gasteiger charge is 2.17. The predicted octanol–water partition coefficient (Wildman–Crippen LogP) is 2.94. The molecule has 0 aliphatic heterocycles. The molecule has 3 heterocycles. The molecule has 0 N–H and O–H groups in total. The molecule has 6 heteroatoms. The molecule has 3 aromatic heterocycles. The molecule has 0 saturated heterocycles. The summed E-state index contributed by atoms with van der Waals surface area (Å²) < 4.78 is 9.20. The number of nitrogens with zero attached hydrogens (tertiary/aromatic N) is 4. The van der Waals surface area contributed by atoms with Crippen molar-refractivity contribution in [2.75, 3.05) is 0 Å². The highest BCUT2D eigenvalue weighted by molar-refractivity contribution is 6.16. The molecule has 0 saturated carbocycles. The Bertz CT molecular complexity index is 696. The van der Waals surface area contributed by atoms with Gasteiger partial charge in [-0.2, -0.15) is 5.10 Å².